The van der Waals surface area contributed by atoms with Crippen LogP contribution in [0.25, 0.3) is 0 Å². The van der Waals surface area contributed by atoms with E-state index < -0.39 is 15.6 Å². The first-order valence-corrected chi connectivity index (χ1v) is 7.25. The molecule has 1 heterocycles. The quantitative estimate of drug-likeness (QED) is 0.701. The highest BCUT2D eigenvalue weighted by atomic mass is 32.2. The van der Waals surface area contributed by atoms with Gasteiger partial charge < -0.3 is 10.1 Å². The topological polar surface area (TPSA) is 67.4 Å². The summed E-state index contributed by atoms with van der Waals surface area (Å²) in [7, 11) is -3.20. The lowest BCUT2D eigenvalue weighted by Crippen LogP contribution is -2.44. The Morgan fingerprint density at radius 1 is 1.50 bits per heavy atom. The van der Waals surface area contributed by atoms with E-state index >= 15 is 0 Å². The van der Waals surface area contributed by atoms with Gasteiger partial charge in [-0.25, -0.2) is 13.1 Å². The number of hydrogen-bond acceptors (Lipinski definition) is 4. The summed E-state index contributed by atoms with van der Waals surface area (Å²) in [4.78, 5) is 0. The molecule has 1 atom stereocenters. The van der Waals surface area contributed by atoms with Crippen molar-refractivity contribution in [3.63, 3.8) is 0 Å². The van der Waals surface area contributed by atoms with E-state index in [9.17, 15) is 8.42 Å². The number of nitrogens with one attached hydrogen (secondary N) is 2. The molecule has 1 aliphatic heterocycles. The largest absolute Gasteiger partial charge is 0.375 e. The third-order valence-corrected chi connectivity index (χ3v) is 4.51. The van der Waals surface area contributed by atoms with Crippen LogP contribution in [0.2, 0.25) is 0 Å². The van der Waals surface area contributed by atoms with Gasteiger partial charge in [0.05, 0.1) is 10.9 Å². The van der Waals surface area contributed by atoms with Gasteiger partial charge in [-0.05, 0) is 33.7 Å². The minimum atomic E-state index is -3.20. The van der Waals surface area contributed by atoms with E-state index in [0.29, 0.717) is 26.1 Å². The van der Waals surface area contributed by atoms with Gasteiger partial charge in [-0.1, -0.05) is 0 Å². The minimum absolute atomic E-state index is 0.301. The smallest absolute Gasteiger partial charge is 0.215 e. The fourth-order valence-electron chi connectivity index (χ4n) is 1.73. The molecule has 0 aromatic carbocycles. The van der Waals surface area contributed by atoms with E-state index in [1.54, 1.807) is 0 Å². The highest BCUT2D eigenvalue weighted by molar-refractivity contribution is 7.90. The lowest BCUT2D eigenvalue weighted by Gasteiger charge is -2.25. The maximum Gasteiger partial charge on any atom is 0.215 e. The zero-order valence-corrected chi connectivity index (χ0v) is 11.1. The molecule has 1 aliphatic rings. The summed E-state index contributed by atoms with van der Waals surface area (Å²) < 4.78 is 31.8. The molecule has 1 unspecified atom stereocenters. The molecule has 1 saturated heterocycles. The van der Waals surface area contributed by atoms with E-state index in [1.807, 2.05) is 20.8 Å². The van der Waals surface area contributed by atoms with Gasteiger partial charge in [-0.2, -0.15) is 0 Å². The van der Waals surface area contributed by atoms with E-state index in [0.717, 1.165) is 6.54 Å². The van der Waals surface area contributed by atoms with Crippen LogP contribution in [0.3, 0.4) is 0 Å². The number of ether oxygens (including phenoxy) is 1. The van der Waals surface area contributed by atoms with Crippen LogP contribution in [0.4, 0.5) is 0 Å². The molecular formula is C10H22N2O3S. The highest BCUT2D eigenvalue weighted by Crippen LogP contribution is 2.11. The van der Waals surface area contributed by atoms with Gasteiger partial charge in [0.2, 0.25) is 10.0 Å². The summed E-state index contributed by atoms with van der Waals surface area (Å²) in [6.45, 7) is 7.89. The average molecular weight is 250 g/mol. The van der Waals surface area contributed by atoms with Gasteiger partial charge >= 0.3 is 0 Å². The molecular weight excluding hydrogens is 228 g/mol. The van der Waals surface area contributed by atoms with Gasteiger partial charge in [0, 0.05) is 19.7 Å². The van der Waals surface area contributed by atoms with Crippen molar-refractivity contribution in [1.29, 1.82) is 0 Å². The molecule has 0 amide bonds. The second-order valence-electron chi connectivity index (χ2n) is 4.67. The Hall–Kier alpha value is -0.170. The van der Waals surface area contributed by atoms with Crippen LogP contribution in [0.1, 0.15) is 27.2 Å². The zero-order valence-electron chi connectivity index (χ0n) is 10.2. The van der Waals surface area contributed by atoms with Crippen LogP contribution in [0.15, 0.2) is 0 Å². The third kappa shape index (κ3) is 4.01. The maximum absolute atomic E-state index is 11.9. The first-order valence-electron chi connectivity index (χ1n) is 5.70. The van der Waals surface area contributed by atoms with Crippen molar-refractivity contribution in [2.75, 3.05) is 26.2 Å². The lowest BCUT2D eigenvalue weighted by atomic mass is 10.1. The molecule has 1 fully saturated rings. The van der Waals surface area contributed by atoms with E-state index in [4.69, 9.17) is 4.74 Å². The maximum atomic E-state index is 11.9. The second-order valence-corrected chi connectivity index (χ2v) is 6.72. The van der Waals surface area contributed by atoms with Gasteiger partial charge in [0.15, 0.2) is 0 Å². The molecule has 0 radical (unpaired) electrons. The Morgan fingerprint density at radius 2 is 2.19 bits per heavy atom. The second kappa shape index (κ2) is 5.44. The molecule has 0 aromatic rings. The third-order valence-electron chi connectivity index (χ3n) is 2.69. The first kappa shape index (κ1) is 13.9. The van der Waals surface area contributed by atoms with Crippen LogP contribution < -0.4 is 10.0 Å². The Morgan fingerprint density at radius 3 is 2.69 bits per heavy atom. The van der Waals surface area contributed by atoms with Gasteiger partial charge in [0.25, 0.3) is 0 Å². The summed E-state index contributed by atoms with van der Waals surface area (Å²) in [5.74, 6) is 0. The van der Waals surface area contributed by atoms with Crippen LogP contribution in [0, 0.1) is 0 Å². The fraction of sp³-hybridized carbons (Fsp3) is 1.00. The standard InChI is InChI=1S/C10H22N2O3S/c1-4-15-10(2,3)8-12-16(13,14)9-5-6-11-7-9/h9,11-12H,4-8H2,1-3H3. The number of hydrogen-bond donors (Lipinski definition) is 2. The van der Waals surface area contributed by atoms with Gasteiger partial charge in [-0.3, -0.25) is 0 Å². The molecule has 0 aromatic heterocycles. The Kier molecular flexibility index (Phi) is 4.73. The molecule has 2 N–H and O–H groups in total. The summed E-state index contributed by atoms with van der Waals surface area (Å²) >= 11 is 0. The summed E-state index contributed by atoms with van der Waals surface area (Å²) in [5, 5.41) is 2.75. The number of rotatable bonds is 6. The van der Waals surface area contributed by atoms with Crippen molar-refractivity contribution in [2.45, 2.75) is 38.0 Å². The Labute approximate surface area is 98.0 Å². The molecule has 0 saturated carbocycles. The molecule has 96 valence electrons. The van der Waals surface area contributed by atoms with Crippen LogP contribution in [0.5, 0.6) is 0 Å². The molecule has 6 heteroatoms. The molecule has 0 bridgehead atoms. The first-order chi connectivity index (χ1) is 7.37. The van der Waals surface area contributed by atoms with E-state index in [1.165, 1.54) is 0 Å². The Bertz CT molecular complexity index is 308. The van der Waals surface area contributed by atoms with E-state index in [-0.39, 0.29) is 5.25 Å². The monoisotopic (exact) mass is 250 g/mol. The Balaban J connectivity index is 2.47. The summed E-state index contributed by atoms with van der Waals surface area (Å²) in [6, 6.07) is 0. The zero-order chi connectivity index (χ0) is 12.2. The number of sulfonamides is 1. The summed E-state index contributed by atoms with van der Waals surface area (Å²) in [5.41, 5.74) is -0.451. The molecule has 16 heavy (non-hydrogen) atoms. The van der Waals surface area contributed by atoms with Crippen molar-refractivity contribution >= 4 is 10.0 Å². The van der Waals surface area contributed by atoms with Crippen molar-refractivity contribution in [1.82, 2.24) is 10.0 Å². The highest BCUT2D eigenvalue weighted by Gasteiger charge is 2.30. The summed E-state index contributed by atoms with van der Waals surface area (Å²) in [6.07, 6.45) is 0.685. The van der Waals surface area contributed by atoms with Crippen molar-refractivity contribution in [3.8, 4) is 0 Å². The van der Waals surface area contributed by atoms with Crippen LogP contribution in [-0.4, -0.2) is 45.5 Å². The van der Waals surface area contributed by atoms with Crippen LogP contribution in [-0.2, 0) is 14.8 Å². The predicted molar refractivity (Wildman–Crippen MR) is 63.9 cm³/mol. The van der Waals surface area contributed by atoms with Gasteiger partial charge in [-0.15, -0.1) is 0 Å². The van der Waals surface area contributed by atoms with Crippen LogP contribution >= 0.6 is 0 Å². The van der Waals surface area contributed by atoms with Gasteiger partial charge in [0.1, 0.15) is 0 Å². The molecule has 5 nitrogen and oxygen atoms in total. The SMILES string of the molecule is CCOC(C)(C)CNS(=O)(=O)C1CCNC1. The van der Waals surface area contributed by atoms with E-state index in [2.05, 4.69) is 10.0 Å². The fourth-order valence-corrected chi connectivity index (χ4v) is 3.28. The molecule has 1 rings (SSSR count). The minimum Gasteiger partial charge on any atom is -0.375 e. The molecule has 0 aliphatic carbocycles. The molecule has 0 spiro atoms. The average Bonchev–Trinajstić information content (AvgIpc) is 2.68. The van der Waals surface area contributed by atoms with Crippen molar-refractivity contribution in [3.05, 3.63) is 0 Å². The van der Waals surface area contributed by atoms with Crippen molar-refractivity contribution < 1.29 is 13.2 Å². The predicted octanol–water partition coefficient (Wildman–Crippen LogP) is 0.0828. The lowest BCUT2D eigenvalue weighted by molar-refractivity contribution is -0.00518. The van der Waals surface area contributed by atoms with Crippen molar-refractivity contribution in [2.24, 2.45) is 0 Å². The normalized spacial score (nSPS) is 22.6.